The van der Waals surface area contributed by atoms with Crippen molar-refractivity contribution < 1.29 is 40.6 Å². The molecule has 0 aliphatic carbocycles. The van der Waals surface area contributed by atoms with E-state index in [1.807, 2.05) is 0 Å². The molecular weight excluding hydrogens is 332 g/mol. The van der Waals surface area contributed by atoms with Crippen LogP contribution in [0.3, 0.4) is 0 Å². The van der Waals surface area contributed by atoms with Gasteiger partial charge in [-0.25, -0.2) is 9.78 Å². The lowest BCUT2D eigenvalue weighted by atomic mass is 10.1. The Morgan fingerprint density at radius 2 is 1.86 bits per heavy atom. The third-order valence-electron chi connectivity index (χ3n) is 1.96. The maximum Gasteiger partial charge on any atom is 0.573 e. The van der Waals surface area contributed by atoms with E-state index < -0.39 is 40.5 Å². The molecule has 1 aromatic heterocycles. The maximum atomic E-state index is 12.9. The number of esters is 1. The Bertz CT molecular complexity index is 543. The van der Waals surface area contributed by atoms with Crippen molar-refractivity contribution in [2.45, 2.75) is 19.5 Å². The molecule has 0 atom stereocenters. The van der Waals surface area contributed by atoms with Crippen molar-refractivity contribution in [3.05, 3.63) is 22.5 Å². The largest absolute Gasteiger partial charge is 0.573 e. The topological polar surface area (TPSA) is 48.4 Å². The van der Waals surface area contributed by atoms with Crippen LogP contribution in [0.4, 0.5) is 26.3 Å². The van der Waals surface area contributed by atoms with E-state index in [-0.39, 0.29) is 6.61 Å². The molecule has 0 saturated carbocycles. The maximum absolute atomic E-state index is 12.9. The summed E-state index contributed by atoms with van der Waals surface area (Å²) >= 11 is 5.26. The van der Waals surface area contributed by atoms with E-state index in [9.17, 15) is 31.1 Å². The minimum absolute atomic E-state index is 0.296. The number of hydrogen-bond acceptors (Lipinski definition) is 4. The van der Waals surface area contributed by atoms with E-state index in [0.717, 1.165) is 0 Å². The first-order valence-electron chi connectivity index (χ1n) is 5.16. The zero-order valence-electron chi connectivity index (χ0n) is 10.1. The third-order valence-corrected chi connectivity index (χ3v) is 2.23. The van der Waals surface area contributed by atoms with Gasteiger partial charge < -0.3 is 9.47 Å². The molecule has 1 rings (SSSR count). The second kappa shape index (κ2) is 5.96. The number of hydrogen-bond donors (Lipinski definition) is 0. The molecule has 1 aromatic rings. The predicted octanol–water partition coefficient (Wildman–Crippen LogP) is 3.83. The number of rotatable bonds is 3. The van der Waals surface area contributed by atoms with Crippen molar-refractivity contribution in [1.29, 1.82) is 0 Å². The summed E-state index contributed by atoms with van der Waals surface area (Å²) in [5, 5.41) is -1.05. The second-order valence-electron chi connectivity index (χ2n) is 3.42. The SMILES string of the molecule is CCOC(=O)c1ncc(Cl)c(OC(F)(F)F)c1C(F)(F)F. The van der Waals surface area contributed by atoms with E-state index in [2.05, 4.69) is 14.5 Å². The summed E-state index contributed by atoms with van der Waals surface area (Å²) in [6.07, 6.45) is -10.4. The van der Waals surface area contributed by atoms with Crippen LogP contribution in [0.5, 0.6) is 5.75 Å². The first-order valence-corrected chi connectivity index (χ1v) is 5.53. The van der Waals surface area contributed by atoms with Gasteiger partial charge in [0.25, 0.3) is 0 Å². The van der Waals surface area contributed by atoms with Crippen molar-refractivity contribution in [2.75, 3.05) is 6.61 Å². The van der Waals surface area contributed by atoms with Crippen LogP contribution in [0.15, 0.2) is 6.20 Å². The lowest BCUT2D eigenvalue weighted by Crippen LogP contribution is -2.24. The fourth-order valence-corrected chi connectivity index (χ4v) is 1.49. The lowest BCUT2D eigenvalue weighted by Gasteiger charge is -2.18. The highest BCUT2D eigenvalue weighted by atomic mass is 35.5. The van der Waals surface area contributed by atoms with Crippen LogP contribution in [0.1, 0.15) is 23.0 Å². The molecule has 21 heavy (non-hydrogen) atoms. The molecule has 0 fully saturated rings. The number of carbonyl (C=O) groups excluding carboxylic acids is 1. The molecule has 0 bridgehead atoms. The molecule has 0 unspecified atom stereocenters. The van der Waals surface area contributed by atoms with Gasteiger partial charge in [0.05, 0.1) is 12.8 Å². The van der Waals surface area contributed by atoms with Crippen LogP contribution in [0, 0.1) is 0 Å². The van der Waals surface area contributed by atoms with Gasteiger partial charge >= 0.3 is 18.5 Å². The highest BCUT2D eigenvalue weighted by Gasteiger charge is 2.45. The Balaban J connectivity index is 3.54. The fourth-order valence-electron chi connectivity index (χ4n) is 1.30. The summed E-state index contributed by atoms with van der Waals surface area (Å²) in [6.45, 7) is 1.00. The molecule has 0 radical (unpaired) electrons. The van der Waals surface area contributed by atoms with Crippen LogP contribution in [-0.2, 0) is 10.9 Å². The van der Waals surface area contributed by atoms with E-state index in [0.29, 0.717) is 6.20 Å². The fraction of sp³-hybridized carbons (Fsp3) is 0.400. The van der Waals surface area contributed by atoms with Gasteiger partial charge in [-0.1, -0.05) is 11.6 Å². The summed E-state index contributed by atoms with van der Waals surface area (Å²) in [6, 6.07) is 0. The Hall–Kier alpha value is -1.71. The first-order chi connectivity index (χ1) is 9.47. The van der Waals surface area contributed by atoms with Crippen molar-refractivity contribution in [3.8, 4) is 5.75 Å². The predicted molar refractivity (Wildman–Crippen MR) is 56.9 cm³/mol. The molecule has 0 spiro atoms. The van der Waals surface area contributed by atoms with Crippen molar-refractivity contribution >= 4 is 17.6 Å². The molecule has 0 amide bonds. The Morgan fingerprint density at radius 3 is 2.29 bits per heavy atom. The van der Waals surface area contributed by atoms with Crippen LogP contribution in [-0.4, -0.2) is 23.9 Å². The summed E-state index contributed by atoms with van der Waals surface area (Å²) in [5.74, 6) is -3.30. The Labute approximate surface area is 118 Å². The van der Waals surface area contributed by atoms with Gasteiger partial charge in [0.15, 0.2) is 11.4 Å². The summed E-state index contributed by atoms with van der Waals surface area (Å²) in [5.41, 5.74) is -3.42. The second-order valence-corrected chi connectivity index (χ2v) is 3.83. The highest BCUT2D eigenvalue weighted by Crippen LogP contribution is 2.43. The smallest absolute Gasteiger partial charge is 0.461 e. The minimum Gasteiger partial charge on any atom is -0.461 e. The molecule has 1 heterocycles. The molecule has 0 N–H and O–H groups in total. The number of alkyl halides is 6. The number of nitrogens with zero attached hydrogens (tertiary/aromatic N) is 1. The summed E-state index contributed by atoms with van der Waals surface area (Å²) in [7, 11) is 0. The van der Waals surface area contributed by atoms with Crippen LogP contribution < -0.4 is 4.74 Å². The molecule has 0 aliphatic rings. The van der Waals surface area contributed by atoms with Gasteiger partial charge in [-0.15, -0.1) is 13.2 Å². The number of carbonyl (C=O) groups is 1. The number of aromatic nitrogens is 1. The van der Waals surface area contributed by atoms with Gasteiger partial charge in [0, 0.05) is 0 Å². The van der Waals surface area contributed by atoms with E-state index in [1.165, 1.54) is 6.92 Å². The van der Waals surface area contributed by atoms with Gasteiger partial charge in [0.2, 0.25) is 0 Å². The average Bonchev–Trinajstić information content (AvgIpc) is 2.28. The monoisotopic (exact) mass is 337 g/mol. The molecule has 0 aromatic carbocycles. The Kier molecular flexibility index (Phi) is 4.92. The molecular formula is C10H6ClF6NO3. The standard InChI is InChI=1S/C10H6ClF6NO3/c1-2-20-8(19)6-5(9(12,13)14)7(4(11)3-18-6)21-10(15,16)17/h3H,2H2,1H3. The van der Waals surface area contributed by atoms with Crippen LogP contribution in [0.2, 0.25) is 5.02 Å². The average molecular weight is 338 g/mol. The molecule has 0 saturated heterocycles. The highest BCUT2D eigenvalue weighted by molar-refractivity contribution is 6.32. The van der Waals surface area contributed by atoms with Gasteiger partial charge in [-0.05, 0) is 6.92 Å². The quantitative estimate of drug-likeness (QED) is 0.621. The zero-order chi connectivity index (χ0) is 16.4. The molecule has 0 aliphatic heterocycles. The first kappa shape index (κ1) is 17.3. The van der Waals surface area contributed by atoms with E-state index in [1.54, 1.807) is 0 Å². The van der Waals surface area contributed by atoms with Crippen LogP contribution >= 0.6 is 11.6 Å². The van der Waals surface area contributed by atoms with Gasteiger partial charge in [-0.2, -0.15) is 13.2 Å². The summed E-state index contributed by atoms with van der Waals surface area (Å²) < 4.78 is 82.9. The van der Waals surface area contributed by atoms with E-state index in [4.69, 9.17) is 11.6 Å². The van der Waals surface area contributed by atoms with Crippen molar-refractivity contribution in [2.24, 2.45) is 0 Å². The minimum atomic E-state index is -5.43. The van der Waals surface area contributed by atoms with E-state index >= 15 is 0 Å². The Morgan fingerprint density at radius 1 is 1.29 bits per heavy atom. The van der Waals surface area contributed by atoms with Crippen LogP contribution in [0.25, 0.3) is 0 Å². The van der Waals surface area contributed by atoms with Crippen molar-refractivity contribution in [3.63, 3.8) is 0 Å². The van der Waals surface area contributed by atoms with Gasteiger partial charge in [0.1, 0.15) is 10.6 Å². The molecule has 11 heteroatoms. The third kappa shape index (κ3) is 4.38. The number of halogens is 7. The lowest BCUT2D eigenvalue weighted by molar-refractivity contribution is -0.276. The number of pyridine rings is 1. The molecule has 4 nitrogen and oxygen atoms in total. The zero-order valence-corrected chi connectivity index (χ0v) is 10.9. The van der Waals surface area contributed by atoms with Gasteiger partial charge in [-0.3, -0.25) is 0 Å². The normalized spacial score (nSPS) is 12.2. The summed E-state index contributed by atoms with van der Waals surface area (Å²) in [4.78, 5) is 14.5. The molecule has 118 valence electrons. The van der Waals surface area contributed by atoms with Crippen molar-refractivity contribution in [1.82, 2.24) is 4.98 Å². The number of ether oxygens (including phenoxy) is 2.